The number of aryl methyl sites for hydroxylation is 1. The van der Waals surface area contributed by atoms with Crippen LogP contribution in [-0.2, 0) is 11.3 Å². The van der Waals surface area contributed by atoms with Gasteiger partial charge in [0.2, 0.25) is 11.7 Å². The SMILES string of the molecule is Cc1cccc(CN2[C@H](CNC(=O)c3cnco3)CN(C)C(=O)[C@@H]2C)c1. The molecule has 0 unspecified atom stereocenters. The molecule has 1 aliphatic rings. The zero-order valence-electron chi connectivity index (χ0n) is 15.3. The first-order valence-corrected chi connectivity index (χ1v) is 8.68. The molecule has 2 amide bonds. The highest BCUT2D eigenvalue weighted by Gasteiger charge is 2.36. The molecule has 0 bridgehead atoms. The Morgan fingerprint density at radius 1 is 1.42 bits per heavy atom. The molecule has 1 N–H and O–H groups in total. The van der Waals surface area contributed by atoms with Crippen molar-refractivity contribution in [2.24, 2.45) is 0 Å². The van der Waals surface area contributed by atoms with Gasteiger partial charge < -0.3 is 14.6 Å². The van der Waals surface area contributed by atoms with Crippen molar-refractivity contribution >= 4 is 11.8 Å². The Hall–Kier alpha value is -2.67. The van der Waals surface area contributed by atoms with Crippen molar-refractivity contribution in [3.63, 3.8) is 0 Å². The monoisotopic (exact) mass is 356 g/mol. The first-order valence-electron chi connectivity index (χ1n) is 8.68. The molecule has 0 saturated carbocycles. The molecule has 1 saturated heterocycles. The molecular formula is C19H24N4O3. The second-order valence-electron chi connectivity index (χ2n) is 6.79. The summed E-state index contributed by atoms with van der Waals surface area (Å²) in [6, 6.07) is 8.03. The third-order valence-corrected chi connectivity index (χ3v) is 4.79. The van der Waals surface area contributed by atoms with Crippen molar-refractivity contribution in [1.29, 1.82) is 0 Å². The fourth-order valence-corrected chi connectivity index (χ4v) is 3.38. The summed E-state index contributed by atoms with van der Waals surface area (Å²) in [6.07, 6.45) is 2.62. The Kier molecular flexibility index (Phi) is 5.37. The lowest BCUT2D eigenvalue weighted by Gasteiger charge is -2.43. The average molecular weight is 356 g/mol. The van der Waals surface area contributed by atoms with Crippen molar-refractivity contribution < 1.29 is 14.0 Å². The number of aromatic nitrogens is 1. The summed E-state index contributed by atoms with van der Waals surface area (Å²) >= 11 is 0. The molecule has 1 aromatic carbocycles. The molecule has 2 heterocycles. The normalized spacial score (nSPS) is 21.0. The zero-order valence-corrected chi connectivity index (χ0v) is 15.3. The van der Waals surface area contributed by atoms with E-state index in [4.69, 9.17) is 4.42 Å². The van der Waals surface area contributed by atoms with Gasteiger partial charge in [-0.05, 0) is 19.4 Å². The number of likely N-dealkylation sites (N-methyl/N-ethyl adjacent to an activating group) is 1. The standard InChI is InChI=1S/C19H24N4O3/c1-13-5-4-6-15(7-13)10-23-14(2)19(25)22(3)11-16(23)8-21-18(24)17-9-20-12-26-17/h4-7,9,12,14,16H,8,10-11H2,1-3H3,(H,21,24)/t14-,16+/m0/s1. The first-order chi connectivity index (χ1) is 12.5. The molecule has 1 fully saturated rings. The van der Waals surface area contributed by atoms with E-state index in [2.05, 4.69) is 40.3 Å². The summed E-state index contributed by atoms with van der Waals surface area (Å²) in [5, 5.41) is 2.89. The lowest BCUT2D eigenvalue weighted by atomic mass is 10.0. The topological polar surface area (TPSA) is 78.7 Å². The fraction of sp³-hybridized carbons (Fsp3) is 0.421. The average Bonchev–Trinajstić information content (AvgIpc) is 3.15. The number of amides is 2. The summed E-state index contributed by atoms with van der Waals surface area (Å²) in [5.41, 5.74) is 2.34. The van der Waals surface area contributed by atoms with Crippen molar-refractivity contribution in [2.75, 3.05) is 20.1 Å². The Labute approximate surface area is 153 Å². The van der Waals surface area contributed by atoms with Gasteiger partial charge in [0.05, 0.1) is 12.2 Å². The van der Waals surface area contributed by atoms with Crippen LogP contribution in [0.3, 0.4) is 0 Å². The van der Waals surface area contributed by atoms with Crippen LogP contribution in [0.4, 0.5) is 0 Å². The number of rotatable bonds is 5. The van der Waals surface area contributed by atoms with E-state index in [1.807, 2.05) is 13.0 Å². The van der Waals surface area contributed by atoms with Gasteiger partial charge >= 0.3 is 0 Å². The largest absolute Gasteiger partial charge is 0.438 e. The highest BCUT2D eigenvalue weighted by molar-refractivity contribution is 5.91. The van der Waals surface area contributed by atoms with Crippen LogP contribution in [0, 0.1) is 6.92 Å². The summed E-state index contributed by atoms with van der Waals surface area (Å²) in [7, 11) is 1.80. The van der Waals surface area contributed by atoms with E-state index in [0.29, 0.717) is 19.6 Å². The predicted octanol–water partition coefficient (Wildman–Crippen LogP) is 1.44. The van der Waals surface area contributed by atoms with Crippen LogP contribution in [-0.4, -0.2) is 58.8 Å². The number of nitrogens with zero attached hydrogens (tertiary/aromatic N) is 3. The van der Waals surface area contributed by atoms with Gasteiger partial charge in [0.1, 0.15) is 0 Å². The van der Waals surface area contributed by atoms with Crippen molar-refractivity contribution in [3.8, 4) is 0 Å². The molecule has 3 rings (SSSR count). The summed E-state index contributed by atoms with van der Waals surface area (Å²) in [5.74, 6) is -0.0239. The molecule has 0 radical (unpaired) electrons. The highest BCUT2D eigenvalue weighted by Crippen LogP contribution is 2.20. The van der Waals surface area contributed by atoms with Crippen LogP contribution in [0.15, 0.2) is 41.3 Å². The number of hydrogen-bond donors (Lipinski definition) is 1. The van der Waals surface area contributed by atoms with E-state index in [-0.39, 0.29) is 29.7 Å². The lowest BCUT2D eigenvalue weighted by molar-refractivity contribution is -0.142. The zero-order chi connectivity index (χ0) is 18.7. The minimum Gasteiger partial charge on any atom is -0.438 e. The smallest absolute Gasteiger partial charge is 0.288 e. The van der Waals surface area contributed by atoms with E-state index in [0.717, 1.165) is 5.56 Å². The molecular weight excluding hydrogens is 332 g/mol. The number of hydrogen-bond acceptors (Lipinski definition) is 5. The number of carbonyl (C=O) groups excluding carboxylic acids is 2. The predicted molar refractivity (Wildman–Crippen MR) is 96.4 cm³/mol. The molecule has 138 valence electrons. The van der Waals surface area contributed by atoms with E-state index in [1.165, 1.54) is 18.2 Å². The second-order valence-corrected chi connectivity index (χ2v) is 6.79. The van der Waals surface area contributed by atoms with E-state index in [9.17, 15) is 9.59 Å². The van der Waals surface area contributed by atoms with E-state index < -0.39 is 0 Å². The summed E-state index contributed by atoms with van der Waals surface area (Å²) < 4.78 is 5.03. The second kappa shape index (κ2) is 7.70. The molecule has 0 aliphatic carbocycles. The van der Waals surface area contributed by atoms with Crippen LogP contribution < -0.4 is 5.32 Å². The summed E-state index contributed by atoms with van der Waals surface area (Å²) in [6.45, 7) is 5.61. The van der Waals surface area contributed by atoms with Crippen molar-refractivity contribution in [3.05, 3.63) is 53.7 Å². The van der Waals surface area contributed by atoms with Crippen molar-refractivity contribution in [1.82, 2.24) is 20.1 Å². The quantitative estimate of drug-likeness (QED) is 0.877. The number of oxazole rings is 1. The summed E-state index contributed by atoms with van der Waals surface area (Å²) in [4.78, 5) is 32.2. The Bertz CT molecular complexity index is 775. The minimum atomic E-state index is -0.301. The molecule has 7 nitrogen and oxygen atoms in total. The van der Waals surface area contributed by atoms with Crippen LogP contribution in [0.1, 0.15) is 28.6 Å². The highest BCUT2D eigenvalue weighted by atomic mass is 16.3. The Morgan fingerprint density at radius 2 is 2.23 bits per heavy atom. The molecule has 2 atom stereocenters. The maximum atomic E-state index is 12.4. The van der Waals surface area contributed by atoms with E-state index in [1.54, 1.807) is 11.9 Å². The van der Waals surface area contributed by atoms with Crippen molar-refractivity contribution in [2.45, 2.75) is 32.5 Å². The van der Waals surface area contributed by atoms with Gasteiger partial charge in [0.25, 0.3) is 5.91 Å². The van der Waals surface area contributed by atoms with Gasteiger partial charge in [-0.2, -0.15) is 0 Å². The van der Waals surface area contributed by atoms with Gasteiger partial charge in [-0.1, -0.05) is 29.8 Å². The fourth-order valence-electron chi connectivity index (χ4n) is 3.38. The van der Waals surface area contributed by atoms with Crippen LogP contribution in [0.2, 0.25) is 0 Å². The molecule has 2 aromatic rings. The Balaban J connectivity index is 1.73. The number of carbonyl (C=O) groups is 2. The van der Waals surface area contributed by atoms with Gasteiger partial charge in [-0.25, -0.2) is 4.98 Å². The maximum Gasteiger partial charge on any atom is 0.288 e. The number of nitrogens with one attached hydrogen (secondary N) is 1. The van der Waals surface area contributed by atoms with Crippen LogP contribution in [0.5, 0.6) is 0 Å². The molecule has 0 spiro atoms. The molecule has 7 heteroatoms. The van der Waals surface area contributed by atoms with Crippen LogP contribution >= 0.6 is 0 Å². The molecule has 1 aliphatic heterocycles. The van der Waals surface area contributed by atoms with Gasteiger partial charge in [0, 0.05) is 32.7 Å². The third-order valence-electron chi connectivity index (χ3n) is 4.79. The number of benzene rings is 1. The number of piperazine rings is 1. The first kappa shape index (κ1) is 18.1. The van der Waals surface area contributed by atoms with E-state index >= 15 is 0 Å². The molecule has 26 heavy (non-hydrogen) atoms. The van der Waals surface area contributed by atoms with Crippen LogP contribution in [0.25, 0.3) is 0 Å². The third kappa shape index (κ3) is 3.94. The Morgan fingerprint density at radius 3 is 2.92 bits per heavy atom. The van der Waals surface area contributed by atoms with Gasteiger partial charge in [-0.3, -0.25) is 14.5 Å². The lowest BCUT2D eigenvalue weighted by Crippen LogP contribution is -2.62. The molecule has 1 aromatic heterocycles. The minimum absolute atomic E-state index is 0.0140. The van der Waals surface area contributed by atoms with Gasteiger partial charge in [-0.15, -0.1) is 0 Å². The maximum absolute atomic E-state index is 12.4. The van der Waals surface area contributed by atoms with Gasteiger partial charge in [0.15, 0.2) is 6.39 Å².